The SMILES string of the molecule is CNC(c1ccc(C)c(Cl)c1)C1Cc2ccccc2S1. The van der Waals surface area contributed by atoms with E-state index >= 15 is 0 Å². The Bertz CT molecular complexity index is 601. The molecule has 2 unspecified atom stereocenters. The molecule has 0 saturated heterocycles. The number of thioether (sulfide) groups is 1. The molecule has 2 aromatic carbocycles. The topological polar surface area (TPSA) is 12.0 Å². The molecule has 1 heterocycles. The lowest BCUT2D eigenvalue weighted by atomic mass is 9.98. The Hall–Kier alpha value is -0.960. The molecule has 20 heavy (non-hydrogen) atoms. The minimum absolute atomic E-state index is 0.325. The van der Waals surface area contributed by atoms with E-state index in [0.29, 0.717) is 11.3 Å². The highest BCUT2D eigenvalue weighted by Gasteiger charge is 2.29. The van der Waals surface area contributed by atoms with Crippen molar-refractivity contribution in [3.63, 3.8) is 0 Å². The van der Waals surface area contributed by atoms with Crippen LogP contribution in [-0.2, 0) is 6.42 Å². The number of hydrogen-bond acceptors (Lipinski definition) is 2. The average Bonchev–Trinajstić information content (AvgIpc) is 2.87. The molecule has 1 N–H and O–H groups in total. The summed E-state index contributed by atoms with van der Waals surface area (Å²) in [6.45, 7) is 2.04. The van der Waals surface area contributed by atoms with Gasteiger partial charge in [0.15, 0.2) is 0 Å². The minimum Gasteiger partial charge on any atom is -0.312 e. The molecule has 0 aromatic heterocycles. The summed E-state index contributed by atoms with van der Waals surface area (Å²) in [5.74, 6) is 0. The zero-order valence-corrected chi connectivity index (χ0v) is 13.3. The Kier molecular flexibility index (Phi) is 4.06. The molecule has 1 aliphatic heterocycles. The standard InChI is InChI=1S/C17H18ClNS/c1-11-7-8-13(9-14(11)18)17(19-2)16-10-12-5-3-4-6-15(12)20-16/h3-9,16-17,19H,10H2,1-2H3. The molecule has 2 atom stereocenters. The van der Waals surface area contributed by atoms with Crippen LogP contribution in [0.1, 0.15) is 22.7 Å². The first-order chi connectivity index (χ1) is 9.69. The van der Waals surface area contributed by atoms with Crippen LogP contribution in [0.2, 0.25) is 5.02 Å². The third-order valence-corrected chi connectivity index (χ3v) is 5.71. The second-order valence-corrected chi connectivity index (χ2v) is 6.93. The molecular weight excluding hydrogens is 286 g/mol. The van der Waals surface area contributed by atoms with Gasteiger partial charge in [-0.05, 0) is 49.2 Å². The predicted octanol–water partition coefficient (Wildman–Crippen LogP) is 4.63. The van der Waals surface area contributed by atoms with E-state index in [1.165, 1.54) is 16.0 Å². The number of hydrogen-bond donors (Lipinski definition) is 1. The lowest BCUT2D eigenvalue weighted by Gasteiger charge is -2.23. The van der Waals surface area contributed by atoms with Gasteiger partial charge in [-0.1, -0.05) is 41.9 Å². The van der Waals surface area contributed by atoms with Gasteiger partial charge in [-0.2, -0.15) is 0 Å². The maximum atomic E-state index is 6.28. The van der Waals surface area contributed by atoms with E-state index in [1.54, 1.807) is 0 Å². The first-order valence-electron chi connectivity index (χ1n) is 6.87. The Morgan fingerprint density at radius 2 is 2.05 bits per heavy atom. The number of rotatable bonds is 3. The Balaban J connectivity index is 1.87. The smallest absolute Gasteiger partial charge is 0.0445 e. The second kappa shape index (κ2) is 5.80. The van der Waals surface area contributed by atoms with Gasteiger partial charge in [0.2, 0.25) is 0 Å². The first-order valence-corrected chi connectivity index (χ1v) is 8.12. The second-order valence-electron chi connectivity index (χ2n) is 5.24. The van der Waals surface area contributed by atoms with Crippen molar-refractivity contribution in [1.29, 1.82) is 0 Å². The number of aryl methyl sites for hydroxylation is 1. The average molecular weight is 304 g/mol. The molecule has 0 bridgehead atoms. The summed E-state index contributed by atoms with van der Waals surface area (Å²) < 4.78 is 0. The largest absolute Gasteiger partial charge is 0.312 e. The summed E-state index contributed by atoms with van der Waals surface area (Å²) in [6, 6.07) is 15.4. The first kappa shape index (κ1) is 14.0. The molecule has 0 amide bonds. The zero-order valence-electron chi connectivity index (χ0n) is 11.7. The summed E-state index contributed by atoms with van der Waals surface area (Å²) in [7, 11) is 2.03. The highest BCUT2D eigenvalue weighted by molar-refractivity contribution is 8.00. The van der Waals surface area contributed by atoms with Gasteiger partial charge in [0.25, 0.3) is 0 Å². The predicted molar refractivity (Wildman–Crippen MR) is 87.8 cm³/mol. The number of benzene rings is 2. The van der Waals surface area contributed by atoms with Gasteiger partial charge >= 0.3 is 0 Å². The fourth-order valence-corrected chi connectivity index (χ4v) is 4.43. The fourth-order valence-electron chi connectivity index (χ4n) is 2.76. The van der Waals surface area contributed by atoms with Gasteiger partial charge in [0, 0.05) is 21.2 Å². The van der Waals surface area contributed by atoms with Gasteiger partial charge in [0.1, 0.15) is 0 Å². The molecule has 3 heteroatoms. The van der Waals surface area contributed by atoms with Crippen LogP contribution in [0.15, 0.2) is 47.4 Å². The van der Waals surface area contributed by atoms with Crippen LogP contribution in [0.5, 0.6) is 0 Å². The highest BCUT2D eigenvalue weighted by Crippen LogP contribution is 2.42. The van der Waals surface area contributed by atoms with E-state index in [4.69, 9.17) is 11.6 Å². The van der Waals surface area contributed by atoms with Crippen LogP contribution in [0, 0.1) is 6.92 Å². The third kappa shape index (κ3) is 2.60. The summed E-state index contributed by atoms with van der Waals surface area (Å²) in [4.78, 5) is 1.41. The van der Waals surface area contributed by atoms with Crippen LogP contribution in [-0.4, -0.2) is 12.3 Å². The van der Waals surface area contributed by atoms with Gasteiger partial charge in [-0.15, -0.1) is 11.8 Å². The summed E-state index contributed by atoms with van der Waals surface area (Å²) >= 11 is 8.24. The van der Waals surface area contributed by atoms with Crippen LogP contribution < -0.4 is 5.32 Å². The van der Waals surface area contributed by atoms with Crippen LogP contribution >= 0.6 is 23.4 Å². The van der Waals surface area contributed by atoms with Crippen molar-refractivity contribution in [2.24, 2.45) is 0 Å². The summed E-state index contributed by atoms with van der Waals surface area (Å²) in [6.07, 6.45) is 1.11. The molecule has 0 radical (unpaired) electrons. The maximum Gasteiger partial charge on any atom is 0.0445 e. The van der Waals surface area contributed by atoms with Crippen molar-refractivity contribution in [3.8, 4) is 0 Å². The molecule has 0 spiro atoms. The van der Waals surface area contributed by atoms with Crippen LogP contribution in [0.3, 0.4) is 0 Å². The third-order valence-electron chi connectivity index (χ3n) is 3.91. The van der Waals surface area contributed by atoms with Crippen LogP contribution in [0.25, 0.3) is 0 Å². The van der Waals surface area contributed by atoms with Gasteiger partial charge in [-0.3, -0.25) is 0 Å². The lowest BCUT2D eigenvalue weighted by molar-refractivity contribution is 0.568. The normalized spacial score (nSPS) is 18.9. The molecule has 3 rings (SSSR count). The number of halogens is 1. The monoisotopic (exact) mass is 303 g/mol. The van der Waals surface area contributed by atoms with E-state index in [1.807, 2.05) is 25.7 Å². The Morgan fingerprint density at radius 1 is 1.25 bits per heavy atom. The van der Waals surface area contributed by atoms with Crippen molar-refractivity contribution >= 4 is 23.4 Å². The highest BCUT2D eigenvalue weighted by atomic mass is 35.5. The van der Waals surface area contributed by atoms with E-state index in [2.05, 4.69) is 47.8 Å². The van der Waals surface area contributed by atoms with Gasteiger partial charge < -0.3 is 5.32 Å². The summed E-state index contributed by atoms with van der Waals surface area (Å²) in [5.41, 5.74) is 3.86. The molecule has 2 aromatic rings. The molecule has 104 valence electrons. The van der Waals surface area contributed by atoms with Crippen LogP contribution in [0.4, 0.5) is 0 Å². The number of nitrogens with one attached hydrogen (secondary N) is 1. The van der Waals surface area contributed by atoms with E-state index < -0.39 is 0 Å². The molecule has 0 aliphatic carbocycles. The maximum absolute atomic E-state index is 6.28. The summed E-state index contributed by atoms with van der Waals surface area (Å²) in [5, 5.41) is 4.84. The quantitative estimate of drug-likeness (QED) is 0.887. The van der Waals surface area contributed by atoms with E-state index in [9.17, 15) is 0 Å². The van der Waals surface area contributed by atoms with Crippen molar-refractivity contribution < 1.29 is 0 Å². The van der Waals surface area contributed by atoms with Crippen molar-refractivity contribution in [3.05, 3.63) is 64.2 Å². The van der Waals surface area contributed by atoms with Gasteiger partial charge in [-0.25, -0.2) is 0 Å². The van der Waals surface area contributed by atoms with Gasteiger partial charge in [0.05, 0.1) is 0 Å². The van der Waals surface area contributed by atoms with E-state index in [-0.39, 0.29) is 0 Å². The van der Waals surface area contributed by atoms with E-state index in [0.717, 1.165) is 17.0 Å². The molecule has 1 aliphatic rings. The zero-order chi connectivity index (χ0) is 14.1. The van der Waals surface area contributed by atoms with Crippen molar-refractivity contribution in [1.82, 2.24) is 5.32 Å². The van der Waals surface area contributed by atoms with Crippen molar-refractivity contribution in [2.45, 2.75) is 29.5 Å². The fraction of sp³-hybridized carbons (Fsp3) is 0.294. The Labute approximate surface area is 129 Å². The van der Waals surface area contributed by atoms with Crippen molar-refractivity contribution in [2.75, 3.05) is 7.05 Å². The number of fused-ring (bicyclic) bond motifs is 1. The minimum atomic E-state index is 0.325. The molecule has 0 saturated carbocycles. The lowest BCUT2D eigenvalue weighted by Crippen LogP contribution is -2.27. The molecule has 0 fully saturated rings. The molecule has 1 nitrogen and oxygen atoms in total. The molecular formula is C17H18ClNS. The Morgan fingerprint density at radius 3 is 2.75 bits per heavy atom.